The summed E-state index contributed by atoms with van der Waals surface area (Å²) in [5.41, 5.74) is 0.638. The number of esters is 1. The lowest BCUT2D eigenvalue weighted by Gasteiger charge is -2.23. The van der Waals surface area contributed by atoms with Crippen molar-refractivity contribution in [2.45, 2.75) is 33.7 Å². The first-order chi connectivity index (χ1) is 17.9. The fourth-order valence-corrected chi connectivity index (χ4v) is 5.19. The van der Waals surface area contributed by atoms with E-state index < -0.39 is 12.0 Å². The Balaban J connectivity index is 1.85. The van der Waals surface area contributed by atoms with Crippen LogP contribution in [0.15, 0.2) is 56.3 Å². The lowest BCUT2D eigenvalue weighted by atomic mass is 9.97. The first-order valence-electron chi connectivity index (χ1n) is 12.3. The predicted molar refractivity (Wildman–Crippen MR) is 142 cm³/mol. The molecule has 3 heterocycles. The SMILES string of the molecule is CCOc1ccc([C@H]2C(C(=O)OC)=CN=c3s/c(=C\c4ccc(N(CC)CC)o4)c(=O)n32)cc1OCC. The standard InChI is InChI=1S/C27H31N3O6S/c1-6-29(7-2)23-13-11-18(36-23)15-22-25(31)30-24(19(26(32)33-5)16-28-27(30)37-22)17-10-12-20(34-8-3)21(14-17)35-9-4/h10-16,24H,6-9H2,1-5H3/b22-15-/t24-/m0/s1. The molecule has 1 atom stereocenters. The maximum absolute atomic E-state index is 13.7. The number of carbonyl (C=O) groups is 1. The summed E-state index contributed by atoms with van der Waals surface area (Å²) in [7, 11) is 1.31. The van der Waals surface area contributed by atoms with Crippen LogP contribution in [0.4, 0.5) is 5.88 Å². The molecule has 0 saturated carbocycles. The number of nitrogens with zero attached hydrogens (tertiary/aromatic N) is 3. The highest BCUT2D eigenvalue weighted by Crippen LogP contribution is 2.35. The summed E-state index contributed by atoms with van der Waals surface area (Å²) in [6.07, 6.45) is 3.17. The van der Waals surface area contributed by atoms with Crippen molar-refractivity contribution in [3.05, 3.63) is 73.1 Å². The van der Waals surface area contributed by atoms with Crippen molar-refractivity contribution in [1.82, 2.24) is 4.57 Å². The number of hydrogen-bond donors (Lipinski definition) is 0. The van der Waals surface area contributed by atoms with Crippen molar-refractivity contribution in [2.75, 3.05) is 38.3 Å². The Morgan fingerprint density at radius 1 is 1.11 bits per heavy atom. The third-order valence-corrected chi connectivity index (χ3v) is 6.97. The third kappa shape index (κ3) is 5.20. The number of anilines is 1. The van der Waals surface area contributed by atoms with Crippen LogP contribution in [0, 0.1) is 0 Å². The number of carbonyl (C=O) groups excluding carboxylic acids is 1. The van der Waals surface area contributed by atoms with Crippen LogP contribution in [0.5, 0.6) is 11.5 Å². The number of furan rings is 1. The number of hydrogen-bond acceptors (Lipinski definition) is 9. The molecule has 2 aromatic heterocycles. The Morgan fingerprint density at radius 2 is 1.84 bits per heavy atom. The minimum atomic E-state index is -0.747. The highest BCUT2D eigenvalue weighted by Gasteiger charge is 2.31. The van der Waals surface area contributed by atoms with Gasteiger partial charge in [-0.15, -0.1) is 0 Å². The van der Waals surface area contributed by atoms with Crippen LogP contribution in [0.2, 0.25) is 0 Å². The summed E-state index contributed by atoms with van der Waals surface area (Å²) >= 11 is 1.23. The van der Waals surface area contributed by atoms with Crippen molar-refractivity contribution in [1.29, 1.82) is 0 Å². The molecule has 9 nitrogen and oxygen atoms in total. The average Bonchev–Trinajstić information content (AvgIpc) is 3.49. The number of ether oxygens (including phenoxy) is 3. The molecular formula is C27H31N3O6S. The first kappa shape index (κ1) is 26.3. The summed E-state index contributed by atoms with van der Waals surface area (Å²) in [5.74, 6) is 1.86. The van der Waals surface area contributed by atoms with E-state index in [1.165, 1.54) is 29.2 Å². The van der Waals surface area contributed by atoms with Crippen LogP contribution in [-0.4, -0.2) is 43.9 Å². The highest BCUT2D eigenvalue weighted by molar-refractivity contribution is 7.07. The number of aromatic nitrogens is 1. The molecular weight excluding hydrogens is 494 g/mol. The van der Waals surface area contributed by atoms with Gasteiger partial charge in [-0.2, -0.15) is 0 Å². The van der Waals surface area contributed by atoms with Gasteiger partial charge < -0.3 is 23.5 Å². The minimum Gasteiger partial charge on any atom is -0.490 e. The van der Waals surface area contributed by atoms with Gasteiger partial charge in [-0.1, -0.05) is 17.4 Å². The topological polar surface area (TPSA) is 95.5 Å². The van der Waals surface area contributed by atoms with Gasteiger partial charge in [0.15, 0.2) is 22.2 Å². The molecule has 0 bridgehead atoms. The number of methoxy groups -OCH3 is 1. The van der Waals surface area contributed by atoms with Crippen LogP contribution in [-0.2, 0) is 9.53 Å². The van der Waals surface area contributed by atoms with Crippen molar-refractivity contribution in [2.24, 2.45) is 4.99 Å². The normalized spacial score (nSPS) is 15.0. The maximum Gasteiger partial charge on any atom is 0.337 e. The van der Waals surface area contributed by atoms with Gasteiger partial charge in [-0.3, -0.25) is 9.36 Å². The van der Waals surface area contributed by atoms with Crippen LogP contribution >= 0.6 is 11.3 Å². The minimum absolute atomic E-state index is 0.245. The zero-order valence-electron chi connectivity index (χ0n) is 21.6. The first-order valence-corrected chi connectivity index (χ1v) is 13.1. The molecule has 0 fully saturated rings. The van der Waals surface area contributed by atoms with E-state index in [1.54, 1.807) is 18.2 Å². The summed E-state index contributed by atoms with van der Waals surface area (Å²) in [6.45, 7) is 10.4. The van der Waals surface area contributed by atoms with E-state index in [0.29, 0.717) is 45.4 Å². The fraction of sp³-hybridized carbons (Fsp3) is 0.370. The number of rotatable bonds is 10. The van der Waals surface area contributed by atoms with E-state index in [1.807, 2.05) is 32.0 Å². The maximum atomic E-state index is 13.7. The molecule has 0 unspecified atom stereocenters. The Morgan fingerprint density at radius 3 is 2.51 bits per heavy atom. The van der Waals surface area contributed by atoms with E-state index in [9.17, 15) is 9.59 Å². The quantitative estimate of drug-likeness (QED) is 0.375. The Kier molecular flexibility index (Phi) is 8.17. The van der Waals surface area contributed by atoms with Crippen LogP contribution in [0.25, 0.3) is 6.08 Å². The Bertz CT molecular complexity index is 1480. The van der Waals surface area contributed by atoms with E-state index in [-0.39, 0.29) is 11.1 Å². The lowest BCUT2D eigenvalue weighted by molar-refractivity contribution is -0.136. The molecule has 3 aromatic rings. The molecule has 1 aromatic carbocycles. The van der Waals surface area contributed by atoms with E-state index >= 15 is 0 Å². The summed E-state index contributed by atoms with van der Waals surface area (Å²) < 4.78 is 24.4. The smallest absolute Gasteiger partial charge is 0.337 e. The van der Waals surface area contributed by atoms with Crippen molar-refractivity contribution < 1.29 is 23.4 Å². The molecule has 1 aliphatic rings. The van der Waals surface area contributed by atoms with Crippen molar-refractivity contribution in [3.63, 3.8) is 0 Å². The van der Waals surface area contributed by atoms with Gasteiger partial charge in [0.05, 0.1) is 36.5 Å². The average molecular weight is 526 g/mol. The van der Waals surface area contributed by atoms with Gasteiger partial charge in [-0.05, 0) is 51.5 Å². The Labute approximate surface area is 218 Å². The van der Waals surface area contributed by atoms with Crippen molar-refractivity contribution >= 4 is 29.3 Å². The van der Waals surface area contributed by atoms with Crippen molar-refractivity contribution in [3.8, 4) is 11.5 Å². The largest absolute Gasteiger partial charge is 0.490 e. The molecule has 0 saturated heterocycles. The van der Waals surface area contributed by atoms with Crippen LogP contribution in [0.3, 0.4) is 0 Å². The van der Waals surface area contributed by atoms with Gasteiger partial charge in [0, 0.05) is 31.4 Å². The summed E-state index contributed by atoms with van der Waals surface area (Å²) in [4.78, 5) is 33.4. The Hall–Kier alpha value is -3.79. The van der Waals surface area contributed by atoms with Gasteiger partial charge in [-0.25, -0.2) is 9.79 Å². The van der Waals surface area contributed by atoms with Crippen LogP contribution < -0.4 is 29.3 Å². The van der Waals surface area contributed by atoms with Gasteiger partial charge in [0.25, 0.3) is 5.56 Å². The molecule has 0 spiro atoms. The predicted octanol–water partition coefficient (Wildman–Crippen LogP) is 3.25. The zero-order chi connectivity index (χ0) is 26.5. The number of fused-ring (bicyclic) bond motifs is 1. The molecule has 0 amide bonds. The zero-order valence-corrected chi connectivity index (χ0v) is 22.5. The molecule has 0 N–H and O–H groups in total. The second kappa shape index (κ2) is 11.5. The molecule has 4 rings (SSSR count). The number of thiazole rings is 1. The highest BCUT2D eigenvalue weighted by atomic mass is 32.1. The molecule has 10 heteroatoms. The summed E-state index contributed by atoms with van der Waals surface area (Å²) in [5, 5.41) is 0. The van der Waals surface area contributed by atoms with Gasteiger partial charge in [0.1, 0.15) is 5.76 Å². The van der Waals surface area contributed by atoms with E-state index in [0.717, 1.165) is 19.0 Å². The molecule has 196 valence electrons. The monoisotopic (exact) mass is 525 g/mol. The fourth-order valence-electron chi connectivity index (χ4n) is 4.24. The number of benzene rings is 1. The molecule has 37 heavy (non-hydrogen) atoms. The third-order valence-electron chi connectivity index (χ3n) is 5.97. The summed E-state index contributed by atoms with van der Waals surface area (Å²) in [6, 6.07) is 8.38. The lowest BCUT2D eigenvalue weighted by Crippen LogP contribution is -2.39. The van der Waals surface area contributed by atoms with Gasteiger partial charge in [0.2, 0.25) is 0 Å². The van der Waals surface area contributed by atoms with E-state index in [4.69, 9.17) is 18.6 Å². The second-order valence-electron chi connectivity index (χ2n) is 8.10. The van der Waals surface area contributed by atoms with E-state index in [2.05, 4.69) is 23.7 Å². The van der Waals surface area contributed by atoms with Gasteiger partial charge >= 0.3 is 5.97 Å². The molecule has 0 aliphatic carbocycles. The second-order valence-corrected chi connectivity index (χ2v) is 9.11. The van der Waals surface area contributed by atoms with Crippen LogP contribution in [0.1, 0.15) is 45.1 Å². The molecule has 1 aliphatic heterocycles. The molecule has 0 radical (unpaired) electrons.